The van der Waals surface area contributed by atoms with Crippen LogP contribution in [0.1, 0.15) is 41.6 Å². The number of likely N-dealkylation sites (tertiary alicyclic amines) is 1. The average Bonchev–Trinajstić information content (AvgIpc) is 3.37. The number of carbonyl (C=O) groups excluding carboxylic acids is 1. The molecule has 3 N–H and O–H groups in total. The monoisotopic (exact) mass is 532 g/mol. The van der Waals surface area contributed by atoms with Crippen LogP contribution >= 0.6 is 27.5 Å². The highest BCUT2D eigenvalue weighted by atomic mass is 79.9. The van der Waals surface area contributed by atoms with Crippen molar-refractivity contribution in [2.45, 2.75) is 32.3 Å². The summed E-state index contributed by atoms with van der Waals surface area (Å²) < 4.78 is 37.3. The lowest BCUT2D eigenvalue weighted by atomic mass is 10.2. The molecule has 1 aromatic heterocycles. The van der Waals surface area contributed by atoms with Gasteiger partial charge in [0.2, 0.25) is 5.88 Å². The first-order chi connectivity index (χ1) is 15.3. The molecule has 0 aliphatic carbocycles. The van der Waals surface area contributed by atoms with Gasteiger partial charge in [-0.2, -0.15) is 4.37 Å². The fourth-order valence-corrected chi connectivity index (χ4v) is 4.44. The number of amides is 2. The Morgan fingerprint density at radius 1 is 1.22 bits per heavy atom. The second-order valence-corrected chi connectivity index (χ2v) is 8.96. The van der Waals surface area contributed by atoms with Crippen LogP contribution in [-0.2, 0) is 6.61 Å². The van der Waals surface area contributed by atoms with Crippen molar-refractivity contribution in [2.24, 2.45) is 0 Å². The summed E-state index contributed by atoms with van der Waals surface area (Å²) in [6, 6.07) is 1.58. The number of hydrogen-bond donors (Lipinski definition) is 3. The van der Waals surface area contributed by atoms with Crippen LogP contribution in [0.2, 0.25) is 0 Å². The number of halogens is 3. The van der Waals surface area contributed by atoms with Crippen LogP contribution in [0.3, 0.4) is 0 Å². The second-order valence-electron chi connectivity index (χ2n) is 7.27. The van der Waals surface area contributed by atoms with E-state index in [0.717, 1.165) is 44.6 Å². The molecule has 1 aliphatic heterocycles. The normalized spacial score (nSPS) is 13.8. The molecule has 3 rings (SSSR count). The van der Waals surface area contributed by atoms with E-state index in [2.05, 4.69) is 35.8 Å². The highest BCUT2D eigenvalue weighted by Crippen LogP contribution is 2.31. The maximum absolute atomic E-state index is 14.0. The predicted octanol–water partition coefficient (Wildman–Crippen LogP) is 4.46. The van der Waals surface area contributed by atoms with E-state index in [9.17, 15) is 23.5 Å². The van der Waals surface area contributed by atoms with Crippen LogP contribution in [-0.4, -0.2) is 52.6 Å². The van der Waals surface area contributed by atoms with Crippen molar-refractivity contribution in [3.05, 3.63) is 39.4 Å². The largest absolute Gasteiger partial charge is 0.477 e. The first-order valence-electron chi connectivity index (χ1n) is 10.1. The number of aromatic nitrogens is 1. The summed E-state index contributed by atoms with van der Waals surface area (Å²) in [5.41, 5.74) is -0.740. The number of nitrogens with zero attached hydrogens (tertiary/aromatic N) is 2. The van der Waals surface area contributed by atoms with Gasteiger partial charge in [0, 0.05) is 11.0 Å². The third-order valence-electron chi connectivity index (χ3n) is 4.95. The van der Waals surface area contributed by atoms with Gasteiger partial charge in [-0.05, 0) is 69.0 Å². The quantitative estimate of drug-likeness (QED) is 0.390. The second kappa shape index (κ2) is 11.5. The summed E-state index contributed by atoms with van der Waals surface area (Å²) in [7, 11) is 0. The standard InChI is InChI=1S/C20H23BrF2N4O4S/c21-12-9-14(22)13(15(23)10-12)11-31-17-16(19(28)29)18(32-26-17)25-20(30)24-5-1-2-6-27-7-3-4-8-27/h9-10H,1-8,11H2,(H,28,29)(H2,24,25,30). The van der Waals surface area contributed by atoms with Gasteiger partial charge >= 0.3 is 12.0 Å². The highest BCUT2D eigenvalue weighted by Gasteiger charge is 2.24. The zero-order valence-electron chi connectivity index (χ0n) is 17.1. The number of anilines is 1. The first-order valence-corrected chi connectivity index (χ1v) is 11.7. The number of unbranched alkanes of at least 4 members (excludes halogenated alkanes) is 1. The van der Waals surface area contributed by atoms with Crippen molar-refractivity contribution >= 4 is 44.5 Å². The summed E-state index contributed by atoms with van der Waals surface area (Å²) in [4.78, 5) is 26.2. The fourth-order valence-electron chi connectivity index (χ4n) is 3.31. The van der Waals surface area contributed by atoms with Crippen molar-refractivity contribution in [2.75, 3.05) is 31.5 Å². The molecule has 0 unspecified atom stereocenters. The van der Waals surface area contributed by atoms with Gasteiger partial charge in [0.25, 0.3) is 0 Å². The molecule has 0 bridgehead atoms. The van der Waals surface area contributed by atoms with Gasteiger partial charge in [0.05, 0.1) is 5.56 Å². The lowest BCUT2D eigenvalue weighted by Gasteiger charge is -2.14. The SMILES string of the molecule is O=C(NCCCCN1CCCC1)Nc1snc(OCc2c(F)cc(Br)cc2F)c1C(=O)O. The maximum Gasteiger partial charge on any atom is 0.344 e. The Morgan fingerprint density at radius 2 is 1.91 bits per heavy atom. The summed E-state index contributed by atoms with van der Waals surface area (Å²) in [6.45, 7) is 3.15. The number of carboxylic acids is 1. The zero-order valence-corrected chi connectivity index (χ0v) is 19.5. The number of aromatic carboxylic acids is 1. The molecule has 1 fully saturated rings. The number of carbonyl (C=O) groups is 2. The molecule has 0 saturated carbocycles. The number of ether oxygens (including phenoxy) is 1. The third-order valence-corrected chi connectivity index (χ3v) is 6.15. The van der Waals surface area contributed by atoms with Gasteiger partial charge in [-0.3, -0.25) is 5.32 Å². The number of nitrogens with one attached hydrogen (secondary N) is 2. The van der Waals surface area contributed by atoms with Crippen molar-refractivity contribution in [3.8, 4) is 5.88 Å². The predicted molar refractivity (Wildman–Crippen MR) is 119 cm³/mol. The van der Waals surface area contributed by atoms with E-state index in [4.69, 9.17) is 4.74 Å². The van der Waals surface area contributed by atoms with E-state index >= 15 is 0 Å². The van der Waals surface area contributed by atoms with E-state index < -0.39 is 30.2 Å². The molecule has 0 radical (unpaired) electrons. The van der Waals surface area contributed by atoms with E-state index in [1.54, 1.807) is 0 Å². The molecule has 12 heteroatoms. The van der Waals surface area contributed by atoms with E-state index in [1.807, 2.05) is 0 Å². The first kappa shape index (κ1) is 24.3. The molecule has 2 aromatic rings. The molecule has 8 nitrogen and oxygen atoms in total. The minimum atomic E-state index is -1.38. The van der Waals surface area contributed by atoms with Gasteiger partial charge in [0.15, 0.2) is 5.56 Å². The Labute approximate surface area is 196 Å². The number of rotatable bonds is 10. The highest BCUT2D eigenvalue weighted by molar-refractivity contribution is 9.10. The van der Waals surface area contributed by atoms with Crippen LogP contribution in [0.25, 0.3) is 0 Å². The van der Waals surface area contributed by atoms with Crippen LogP contribution in [0.5, 0.6) is 5.88 Å². The molecule has 1 aliphatic rings. The summed E-state index contributed by atoms with van der Waals surface area (Å²) in [5.74, 6) is -3.39. The van der Waals surface area contributed by atoms with Crippen molar-refractivity contribution < 1.29 is 28.2 Å². The third kappa shape index (κ3) is 6.59. The van der Waals surface area contributed by atoms with Crippen molar-refractivity contribution in [3.63, 3.8) is 0 Å². The molecular formula is C20H23BrF2N4O4S. The summed E-state index contributed by atoms with van der Waals surface area (Å²) in [6.07, 6.45) is 4.24. The Kier molecular flexibility index (Phi) is 8.76. The molecule has 2 amide bonds. The minimum Gasteiger partial charge on any atom is -0.477 e. The van der Waals surface area contributed by atoms with Gasteiger partial charge in [-0.15, -0.1) is 0 Å². The Hall–Kier alpha value is -2.31. The Balaban J connectivity index is 1.52. The fraction of sp³-hybridized carbons (Fsp3) is 0.450. The molecule has 1 aromatic carbocycles. The van der Waals surface area contributed by atoms with Crippen molar-refractivity contribution in [1.82, 2.24) is 14.6 Å². The molecule has 1 saturated heterocycles. The smallest absolute Gasteiger partial charge is 0.344 e. The molecule has 174 valence electrons. The number of urea groups is 1. The van der Waals surface area contributed by atoms with Crippen LogP contribution in [0.15, 0.2) is 16.6 Å². The van der Waals surface area contributed by atoms with Crippen molar-refractivity contribution in [1.29, 1.82) is 0 Å². The van der Waals surface area contributed by atoms with E-state index in [0.29, 0.717) is 18.1 Å². The Morgan fingerprint density at radius 3 is 2.56 bits per heavy atom. The lowest BCUT2D eigenvalue weighted by Crippen LogP contribution is -2.30. The van der Waals surface area contributed by atoms with Gasteiger partial charge in [-0.1, -0.05) is 15.9 Å². The van der Waals surface area contributed by atoms with Crippen LogP contribution in [0.4, 0.5) is 18.6 Å². The molecule has 0 atom stereocenters. The lowest BCUT2D eigenvalue weighted by molar-refractivity contribution is 0.0693. The van der Waals surface area contributed by atoms with Gasteiger partial charge in [-0.25, -0.2) is 18.4 Å². The number of hydrogen-bond acceptors (Lipinski definition) is 6. The van der Waals surface area contributed by atoms with E-state index in [-0.39, 0.29) is 26.5 Å². The minimum absolute atomic E-state index is 0.0289. The van der Waals surface area contributed by atoms with Gasteiger partial charge in [0.1, 0.15) is 23.2 Å². The average molecular weight is 533 g/mol. The number of benzene rings is 1. The maximum atomic E-state index is 14.0. The molecular weight excluding hydrogens is 510 g/mol. The van der Waals surface area contributed by atoms with Gasteiger partial charge < -0.3 is 20.1 Å². The van der Waals surface area contributed by atoms with E-state index in [1.165, 1.54) is 12.8 Å². The molecule has 0 spiro atoms. The van der Waals surface area contributed by atoms with Crippen LogP contribution < -0.4 is 15.4 Å². The number of carboxylic acid groups (broad SMARTS) is 1. The van der Waals surface area contributed by atoms with Crippen LogP contribution in [0, 0.1) is 11.6 Å². The Bertz CT molecular complexity index is 946. The topological polar surface area (TPSA) is 104 Å². The summed E-state index contributed by atoms with van der Waals surface area (Å²) in [5, 5.41) is 14.6. The summed E-state index contributed by atoms with van der Waals surface area (Å²) >= 11 is 3.69. The molecule has 2 heterocycles. The zero-order chi connectivity index (χ0) is 23.1. The molecule has 32 heavy (non-hydrogen) atoms.